The molecule has 1 unspecified atom stereocenters. The largest absolute Gasteiger partial charge is 0.327 e. The van der Waals surface area contributed by atoms with Crippen LogP contribution in [0.1, 0.15) is 24.7 Å². The second-order valence-electron chi connectivity index (χ2n) is 5.75. The standard InChI is InChI=1S/C15H21N3O2S/c1-3-18-14-5-4-11(2)8-13(14)17-15(18)9-16-12-6-7-21(19,20)10-12/h4-5,8,12,16H,3,6-7,9-10H2,1-2H3. The van der Waals surface area contributed by atoms with Crippen LogP contribution in [-0.2, 0) is 22.9 Å². The van der Waals surface area contributed by atoms with E-state index in [-0.39, 0.29) is 11.8 Å². The molecule has 0 spiro atoms. The first-order chi connectivity index (χ1) is 9.98. The number of aryl methyl sites for hydroxylation is 2. The first kappa shape index (κ1) is 14.5. The monoisotopic (exact) mass is 307 g/mol. The van der Waals surface area contributed by atoms with Gasteiger partial charge >= 0.3 is 0 Å². The Hall–Kier alpha value is -1.40. The maximum atomic E-state index is 11.5. The Morgan fingerprint density at radius 3 is 2.90 bits per heavy atom. The Bertz CT molecular complexity index is 765. The third-order valence-corrected chi connectivity index (χ3v) is 5.85. The summed E-state index contributed by atoms with van der Waals surface area (Å²) in [5.74, 6) is 1.52. The lowest BCUT2D eigenvalue weighted by Gasteiger charge is -2.11. The van der Waals surface area contributed by atoms with Gasteiger partial charge in [0, 0.05) is 12.6 Å². The molecule has 2 aromatic rings. The van der Waals surface area contributed by atoms with Crippen molar-refractivity contribution < 1.29 is 8.42 Å². The van der Waals surface area contributed by atoms with Gasteiger partial charge in [-0.25, -0.2) is 13.4 Å². The van der Waals surface area contributed by atoms with E-state index in [9.17, 15) is 8.42 Å². The highest BCUT2D eigenvalue weighted by atomic mass is 32.2. The van der Waals surface area contributed by atoms with E-state index in [1.54, 1.807) is 0 Å². The summed E-state index contributed by atoms with van der Waals surface area (Å²) >= 11 is 0. The van der Waals surface area contributed by atoms with Crippen LogP contribution in [0.15, 0.2) is 18.2 Å². The third-order valence-electron chi connectivity index (χ3n) is 4.08. The average Bonchev–Trinajstić information content (AvgIpc) is 2.95. The van der Waals surface area contributed by atoms with Gasteiger partial charge in [-0.3, -0.25) is 0 Å². The van der Waals surface area contributed by atoms with Crippen molar-refractivity contribution in [2.75, 3.05) is 11.5 Å². The van der Waals surface area contributed by atoms with E-state index < -0.39 is 9.84 Å². The molecule has 0 amide bonds. The van der Waals surface area contributed by atoms with E-state index in [0.717, 1.165) is 23.4 Å². The fourth-order valence-electron chi connectivity index (χ4n) is 2.97. The minimum absolute atomic E-state index is 0.0573. The fourth-order valence-corrected chi connectivity index (χ4v) is 4.68. The number of hydrogen-bond donors (Lipinski definition) is 1. The number of benzene rings is 1. The molecule has 0 aliphatic carbocycles. The lowest BCUT2D eigenvalue weighted by Crippen LogP contribution is -2.30. The predicted molar refractivity (Wildman–Crippen MR) is 84.0 cm³/mol. The van der Waals surface area contributed by atoms with Crippen LogP contribution in [0.4, 0.5) is 0 Å². The highest BCUT2D eigenvalue weighted by Crippen LogP contribution is 2.18. The zero-order valence-corrected chi connectivity index (χ0v) is 13.3. The van der Waals surface area contributed by atoms with E-state index in [1.165, 1.54) is 5.56 Å². The molecule has 3 rings (SSSR count). The molecule has 0 radical (unpaired) electrons. The molecule has 6 heteroatoms. The van der Waals surface area contributed by atoms with Crippen molar-refractivity contribution >= 4 is 20.9 Å². The number of aromatic nitrogens is 2. The summed E-state index contributed by atoms with van der Waals surface area (Å²) in [6.45, 7) is 5.64. The normalized spacial score (nSPS) is 21.1. The lowest BCUT2D eigenvalue weighted by atomic mass is 10.2. The zero-order valence-electron chi connectivity index (χ0n) is 12.5. The molecule has 21 heavy (non-hydrogen) atoms. The number of imidazole rings is 1. The Kier molecular flexibility index (Phi) is 3.75. The number of sulfone groups is 1. The van der Waals surface area contributed by atoms with Crippen molar-refractivity contribution in [1.29, 1.82) is 0 Å². The summed E-state index contributed by atoms with van der Waals surface area (Å²) in [7, 11) is -2.84. The predicted octanol–water partition coefficient (Wildman–Crippen LogP) is 1.64. The zero-order chi connectivity index (χ0) is 15.0. The Balaban J connectivity index is 1.80. The number of nitrogens with one attached hydrogen (secondary N) is 1. The second-order valence-corrected chi connectivity index (χ2v) is 7.97. The molecule has 1 aromatic carbocycles. The van der Waals surface area contributed by atoms with Gasteiger partial charge in [-0.15, -0.1) is 0 Å². The van der Waals surface area contributed by atoms with Gasteiger partial charge in [0.15, 0.2) is 9.84 Å². The molecular formula is C15H21N3O2S. The number of nitrogens with zero attached hydrogens (tertiary/aromatic N) is 2. The Morgan fingerprint density at radius 2 is 2.24 bits per heavy atom. The maximum Gasteiger partial charge on any atom is 0.151 e. The van der Waals surface area contributed by atoms with E-state index in [2.05, 4.69) is 41.9 Å². The summed E-state index contributed by atoms with van der Waals surface area (Å²) in [4.78, 5) is 4.69. The topological polar surface area (TPSA) is 64.0 Å². The van der Waals surface area contributed by atoms with Crippen molar-refractivity contribution in [2.24, 2.45) is 0 Å². The van der Waals surface area contributed by atoms with Gasteiger partial charge in [-0.1, -0.05) is 6.07 Å². The number of fused-ring (bicyclic) bond motifs is 1. The molecule has 1 aromatic heterocycles. The van der Waals surface area contributed by atoms with Crippen LogP contribution in [-0.4, -0.2) is 35.5 Å². The lowest BCUT2D eigenvalue weighted by molar-refractivity contribution is 0.529. The van der Waals surface area contributed by atoms with Crippen LogP contribution in [0.5, 0.6) is 0 Å². The molecule has 0 saturated carbocycles. The van der Waals surface area contributed by atoms with Crippen molar-refractivity contribution in [3.8, 4) is 0 Å². The summed E-state index contributed by atoms with van der Waals surface area (Å²) in [5.41, 5.74) is 3.34. The van der Waals surface area contributed by atoms with E-state index in [4.69, 9.17) is 4.98 Å². The van der Waals surface area contributed by atoms with Gasteiger partial charge in [0.2, 0.25) is 0 Å². The van der Waals surface area contributed by atoms with Crippen LogP contribution >= 0.6 is 0 Å². The molecule has 2 heterocycles. The Labute approximate surface area is 125 Å². The summed E-state index contributed by atoms with van der Waals surface area (Å²) in [6, 6.07) is 6.34. The molecular weight excluding hydrogens is 286 g/mol. The average molecular weight is 307 g/mol. The highest BCUT2D eigenvalue weighted by molar-refractivity contribution is 7.91. The molecule has 1 aliphatic rings. The van der Waals surface area contributed by atoms with Gasteiger partial charge in [-0.05, 0) is 38.0 Å². The van der Waals surface area contributed by atoms with E-state index >= 15 is 0 Å². The van der Waals surface area contributed by atoms with Gasteiger partial charge in [0.05, 0.1) is 29.1 Å². The van der Waals surface area contributed by atoms with Gasteiger partial charge in [0.25, 0.3) is 0 Å². The molecule has 1 fully saturated rings. The van der Waals surface area contributed by atoms with Gasteiger partial charge in [0.1, 0.15) is 5.82 Å². The van der Waals surface area contributed by atoms with Crippen molar-refractivity contribution in [1.82, 2.24) is 14.9 Å². The first-order valence-electron chi connectivity index (χ1n) is 7.38. The van der Waals surface area contributed by atoms with Crippen molar-refractivity contribution in [3.05, 3.63) is 29.6 Å². The van der Waals surface area contributed by atoms with Crippen LogP contribution in [0.25, 0.3) is 11.0 Å². The highest BCUT2D eigenvalue weighted by Gasteiger charge is 2.27. The van der Waals surface area contributed by atoms with Crippen molar-refractivity contribution in [3.63, 3.8) is 0 Å². The molecule has 5 nitrogen and oxygen atoms in total. The molecule has 1 saturated heterocycles. The fraction of sp³-hybridized carbons (Fsp3) is 0.533. The summed E-state index contributed by atoms with van der Waals surface area (Å²) < 4.78 is 25.2. The minimum atomic E-state index is -2.84. The summed E-state index contributed by atoms with van der Waals surface area (Å²) in [6.07, 6.45) is 0.702. The van der Waals surface area contributed by atoms with Gasteiger partial charge < -0.3 is 9.88 Å². The molecule has 1 aliphatic heterocycles. The van der Waals surface area contributed by atoms with Crippen LogP contribution in [0, 0.1) is 6.92 Å². The third kappa shape index (κ3) is 2.96. The number of rotatable bonds is 4. The second kappa shape index (κ2) is 5.42. The van der Waals surface area contributed by atoms with E-state index in [0.29, 0.717) is 18.7 Å². The van der Waals surface area contributed by atoms with Crippen LogP contribution < -0.4 is 5.32 Å². The van der Waals surface area contributed by atoms with Crippen LogP contribution in [0.2, 0.25) is 0 Å². The molecule has 114 valence electrons. The smallest absolute Gasteiger partial charge is 0.151 e. The first-order valence-corrected chi connectivity index (χ1v) is 9.20. The molecule has 0 bridgehead atoms. The SMILES string of the molecule is CCn1c(CNC2CCS(=O)(=O)C2)nc2cc(C)ccc21. The van der Waals surface area contributed by atoms with Crippen LogP contribution in [0.3, 0.4) is 0 Å². The Morgan fingerprint density at radius 1 is 1.43 bits per heavy atom. The minimum Gasteiger partial charge on any atom is -0.327 e. The van der Waals surface area contributed by atoms with E-state index in [1.807, 2.05) is 0 Å². The number of hydrogen-bond acceptors (Lipinski definition) is 4. The van der Waals surface area contributed by atoms with Gasteiger partial charge in [-0.2, -0.15) is 0 Å². The molecule has 1 atom stereocenters. The maximum absolute atomic E-state index is 11.5. The van der Waals surface area contributed by atoms with Crippen molar-refractivity contribution in [2.45, 2.75) is 39.4 Å². The molecule has 1 N–H and O–H groups in total. The quantitative estimate of drug-likeness (QED) is 0.932. The summed E-state index contributed by atoms with van der Waals surface area (Å²) in [5, 5.41) is 3.34.